The van der Waals surface area contributed by atoms with E-state index in [1.165, 1.54) is 6.21 Å². The van der Waals surface area contributed by atoms with Crippen LogP contribution in [-0.4, -0.2) is 34.2 Å². The van der Waals surface area contributed by atoms with Gasteiger partial charge in [-0.2, -0.15) is 5.10 Å². The topological polar surface area (TPSA) is 123 Å². The van der Waals surface area contributed by atoms with Crippen LogP contribution >= 0.6 is 27.3 Å². The number of esters is 1. The summed E-state index contributed by atoms with van der Waals surface area (Å²) in [6, 6.07) is 22.8. The molecule has 2 amide bonds. The van der Waals surface area contributed by atoms with Gasteiger partial charge >= 0.3 is 17.8 Å². The molecule has 1 aromatic heterocycles. The lowest BCUT2D eigenvalue weighted by Crippen LogP contribution is -2.32. The molecule has 0 fully saturated rings. The highest BCUT2D eigenvalue weighted by molar-refractivity contribution is 9.10. The number of halogens is 1. The number of ether oxygens (including phenoxy) is 1. The summed E-state index contributed by atoms with van der Waals surface area (Å²) in [5, 5.41) is 14.9. The van der Waals surface area contributed by atoms with Crippen LogP contribution in [0.5, 0.6) is 5.75 Å². The van der Waals surface area contributed by atoms with Crippen molar-refractivity contribution in [2.45, 2.75) is 0 Å². The van der Waals surface area contributed by atoms with Crippen LogP contribution in [-0.2, 0) is 9.59 Å². The molecule has 1 heterocycles. The third-order valence-electron chi connectivity index (χ3n) is 4.43. The summed E-state index contributed by atoms with van der Waals surface area (Å²) in [5.41, 5.74) is 3.77. The maximum absolute atomic E-state index is 12.4. The van der Waals surface area contributed by atoms with Crippen molar-refractivity contribution in [1.82, 2.24) is 15.6 Å². The van der Waals surface area contributed by atoms with Crippen molar-refractivity contribution in [3.8, 4) is 16.3 Å². The summed E-state index contributed by atoms with van der Waals surface area (Å²) in [5.74, 6) is -2.27. The summed E-state index contributed by atoms with van der Waals surface area (Å²) >= 11 is 4.48. The molecule has 0 aliphatic carbocycles. The minimum atomic E-state index is -1.00. The largest absolute Gasteiger partial charge is 0.422 e. The summed E-state index contributed by atoms with van der Waals surface area (Å²) in [6.07, 6.45) is 1.27. The molecular weight excluding hydrogens is 534 g/mol. The lowest BCUT2D eigenvalue weighted by Gasteiger charge is -2.08. The fraction of sp³-hybridized carbons (Fsp3) is 0. The van der Waals surface area contributed by atoms with Crippen molar-refractivity contribution in [1.29, 1.82) is 0 Å². The Balaban J connectivity index is 1.37. The predicted octanol–water partition coefficient (Wildman–Crippen LogP) is 4.28. The van der Waals surface area contributed by atoms with Crippen LogP contribution in [0.4, 0.5) is 5.13 Å². The number of hydrogen-bond donors (Lipinski definition) is 2. The molecule has 3 aromatic carbocycles. The minimum absolute atomic E-state index is 0.176. The van der Waals surface area contributed by atoms with Gasteiger partial charge in [0.25, 0.3) is 0 Å². The normalized spacial score (nSPS) is 10.7. The molecule has 0 unspecified atom stereocenters. The second-order valence-electron chi connectivity index (χ2n) is 6.87. The zero-order valence-electron chi connectivity index (χ0n) is 17.8. The summed E-state index contributed by atoms with van der Waals surface area (Å²) in [6.45, 7) is 0. The molecule has 0 radical (unpaired) electrons. The van der Waals surface area contributed by atoms with Gasteiger partial charge in [-0.25, -0.2) is 10.2 Å². The standard InChI is InChI=1S/C24H16BrN5O4S/c25-18-11-12-19(34-23(33)16-9-5-2-6-10-16)17(13-18)14-26-28-21(32)20(31)27-24-30-29-22(35-24)15-7-3-1-4-8-15/h1-14H,(H,28,32)(H,27,30,31)/b26-14+. The number of amides is 2. The number of carbonyl (C=O) groups is 3. The molecule has 11 heteroatoms. The number of nitrogens with one attached hydrogen (secondary N) is 2. The van der Waals surface area contributed by atoms with Crippen molar-refractivity contribution in [3.05, 3.63) is 94.5 Å². The molecule has 0 saturated carbocycles. The Morgan fingerprint density at radius 1 is 0.914 bits per heavy atom. The van der Waals surface area contributed by atoms with Crippen LogP contribution in [0, 0.1) is 0 Å². The molecule has 174 valence electrons. The monoisotopic (exact) mass is 549 g/mol. The van der Waals surface area contributed by atoms with Crippen molar-refractivity contribution >= 4 is 56.4 Å². The average Bonchev–Trinajstić information content (AvgIpc) is 3.35. The number of rotatable bonds is 6. The maximum Gasteiger partial charge on any atom is 0.343 e. The smallest absolute Gasteiger partial charge is 0.343 e. The molecule has 4 rings (SSSR count). The second kappa shape index (κ2) is 11.3. The Bertz CT molecular complexity index is 1390. The number of hydrogen-bond acceptors (Lipinski definition) is 8. The fourth-order valence-electron chi connectivity index (χ4n) is 2.78. The predicted molar refractivity (Wildman–Crippen MR) is 135 cm³/mol. The average molecular weight is 550 g/mol. The Morgan fingerprint density at radius 2 is 1.63 bits per heavy atom. The number of nitrogens with zero attached hydrogens (tertiary/aromatic N) is 3. The van der Waals surface area contributed by atoms with Gasteiger partial charge in [0.2, 0.25) is 5.13 Å². The van der Waals surface area contributed by atoms with Crippen LogP contribution < -0.4 is 15.5 Å². The number of aromatic nitrogens is 2. The fourth-order valence-corrected chi connectivity index (χ4v) is 3.91. The van der Waals surface area contributed by atoms with Crippen LogP contribution in [0.1, 0.15) is 15.9 Å². The molecule has 0 bridgehead atoms. The lowest BCUT2D eigenvalue weighted by molar-refractivity contribution is -0.136. The highest BCUT2D eigenvalue weighted by Crippen LogP contribution is 2.26. The molecule has 4 aromatic rings. The first-order chi connectivity index (χ1) is 17.0. The highest BCUT2D eigenvalue weighted by Gasteiger charge is 2.16. The molecular formula is C24H16BrN5O4S. The summed E-state index contributed by atoms with van der Waals surface area (Å²) in [7, 11) is 0. The zero-order valence-corrected chi connectivity index (χ0v) is 20.2. The first-order valence-corrected chi connectivity index (χ1v) is 11.7. The van der Waals surface area contributed by atoms with Crippen LogP contribution in [0.15, 0.2) is 88.4 Å². The van der Waals surface area contributed by atoms with E-state index in [1.807, 2.05) is 30.3 Å². The van der Waals surface area contributed by atoms with Crippen molar-refractivity contribution < 1.29 is 19.1 Å². The third kappa shape index (κ3) is 6.43. The van der Waals surface area contributed by atoms with E-state index in [2.05, 4.69) is 42.0 Å². The van der Waals surface area contributed by atoms with E-state index in [-0.39, 0.29) is 10.9 Å². The van der Waals surface area contributed by atoms with E-state index in [9.17, 15) is 14.4 Å². The van der Waals surface area contributed by atoms with Gasteiger partial charge in [-0.05, 0) is 30.3 Å². The van der Waals surface area contributed by atoms with Gasteiger partial charge in [0, 0.05) is 15.6 Å². The second-order valence-corrected chi connectivity index (χ2v) is 8.76. The van der Waals surface area contributed by atoms with E-state index in [0.717, 1.165) is 16.9 Å². The molecule has 0 aliphatic heterocycles. The first-order valence-electron chi connectivity index (χ1n) is 10.1. The Hall–Kier alpha value is -4.22. The SMILES string of the molecule is O=C(N/N=C/c1cc(Br)ccc1OC(=O)c1ccccc1)C(=O)Nc1nnc(-c2ccccc2)s1. The van der Waals surface area contributed by atoms with Gasteiger partial charge in [0.15, 0.2) is 0 Å². The van der Waals surface area contributed by atoms with Gasteiger partial charge in [-0.1, -0.05) is 75.8 Å². The van der Waals surface area contributed by atoms with Gasteiger partial charge in [-0.15, -0.1) is 10.2 Å². The van der Waals surface area contributed by atoms with Gasteiger partial charge in [0.1, 0.15) is 10.8 Å². The van der Waals surface area contributed by atoms with Crippen LogP contribution in [0.25, 0.3) is 10.6 Å². The van der Waals surface area contributed by atoms with E-state index in [1.54, 1.807) is 48.5 Å². The Morgan fingerprint density at radius 3 is 2.37 bits per heavy atom. The molecule has 0 atom stereocenters. The molecule has 9 nitrogen and oxygen atoms in total. The Labute approximate surface area is 212 Å². The third-order valence-corrected chi connectivity index (χ3v) is 5.81. The van der Waals surface area contributed by atoms with Crippen molar-refractivity contribution in [2.75, 3.05) is 5.32 Å². The number of hydrazone groups is 1. The van der Waals surface area contributed by atoms with E-state index in [0.29, 0.717) is 20.6 Å². The number of benzene rings is 3. The van der Waals surface area contributed by atoms with E-state index in [4.69, 9.17) is 4.74 Å². The maximum atomic E-state index is 12.4. The van der Waals surface area contributed by atoms with Crippen molar-refractivity contribution in [3.63, 3.8) is 0 Å². The minimum Gasteiger partial charge on any atom is -0.422 e. The highest BCUT2D eigenvalue weighted by atomic mass is 79.9. The molecule has 2 N–H and O–H groups in total. The zero-order chi connectivity index (χ0) is 24.6. The van der Waals surface area contributed by atoms with Crippen molar-refractivity contribution in [2.24, 2.45) is 5.10 Å². The summed E-state index contributed by atoms with van der Waals surface area (Å²) < 4.78 is 6.15. The molecule has 0 aliphatic rings. The van der Waals surface area contributed by atoms with Crippen LogP contribution in [0.3, 0.4) is 0 Å². The van der Waals surface area contributed by atoms with Gasteiger partial charge in [-0.3, -0.25) is 14.9 Å². The van der Waals surface area contributed by atoms with Gasteiger partial charge in [0.05, 0.1) is 11.8 Å². The first kappa shape index (κ1) is 23.9. The molecule has 0 saturated heterocycles. The van der Waals surface area contributed by atoms with Gasteiger partial charge < -0.3 is 4.74 Å². The Kier molecular flexibility index (Phi) is 7.70. The molecule has 0 spiro atoms. The quantitative estimate of drug-likeness (QED) is 0.122. The lowest BCUT2D eigenvalue weighted by atomic mass is 10.2. The summed E-state index contributed by atoms with van der Waals surface area (Å²) in [4.78, 5) is 36.7. The van der Waals surface area contributed by atoms with E-state index < -0.39 is 17.8 Å². The number of anilines is 1. The van der Waals surface area contributed by atoms with E-state index >= 15 is 0 Å². The van der Waals surface area contributed by atoms with Crippen LogP contribution in [0.2, 0.25) is 0 Å². The number of carbonyl (C=O) groups excluding carboxylic acids is 3. The molecule has 35 heavy (non-hydrogen) atoms.